The van der Waals surface area contributed by atoms with Crippen LogP contribution in [0.5, 0.6) is 0 Å². The van der Waals surface area contributed by atoms with E-state index in [1.165, 1.54) is 4.90 Å². The maximum atomic E-state index is 13.2. The van der Waals surface area contributed by atoms with E-state index in [1.807, 2.05) is 30.3 Å². The van der Waals surface area contributed by atoms with Gasteiger partial charge in [-0.1, -0.05) is 6.07 Å². The molecule has 1 aliphatic heterocycles. The standard InChI is InChI=1S/C28H29N9O3/c1-36(2)28(39)31-19-12-17(14-29-16-19)18-13-21-25(34-35-26(21)30-15-18)27-32-22-5-3-4-20(24(22)33-27)23(38)6-7-37-8-10-40-11-9-37/h3-5,12-16H,6-11H2,1-2H3,(H,31,39)(H,32,33)(H,30,34,35). The first-order valence-electron chi connectivity index (χ1n) is 13.1. The Labute approximate surface area is 229 Å². The van der Waals surface area contributed by atoms with Crippen LogP contribution in [0.1, 0.15) is 16.8 Å². The summed E-state index contributed by atoms with van der Waals surface area (Å²) in [5.74, 6) is 0.623. The summed E-state index contributed by atoms with van der Waals surface area (Å²) in [5.41, 5.74) is 5.36. The molecule has 6 rings (SSSR count). The van der Waals surface area contributed by atoms with Gasteiger partial charge in [0.05, 0.1) is 41.5 Å². The van der Waals surface area contributed by atoms with Crippen molar-refractivity contribution in [3.63, 3.8) is 0 Å². The van der Waals surface area contributed by atoms with Crippen molar-refractivity contribution in [1.82, 2.24) is 39.9 Å². The van der Waals surface area contributed by atoms with E-state index in [-0.39, 0.29) is 11.8 Å². The van der Waals surface area contributed by atoms with Crippen molar-refractivity contribution >= 4 is 39.6 Å². The van der Waals surface area contributed by atoms with Crippen LogP contribution in [0.4, 0.5) is 10.5 Å². The SMILES string of the molecule is CN(C)C(=O)Nc1cncc(-c2cnc3n[nH]c(-c4nc5c(C(=O)CCN6CCOCC6)cccc5[nH]4)c3c2)c1. The number of carbonyl (C=O) groups excluding carboxylic acids is 2. The number of urea groups is 1. The normalized spacial score (nSPS) is 14.1. The number of morpholine rings is 1. The van der Waals surface area contributed by atoms with Gasteiger partial charge in [-0.2, -0.15) is 5.10 Å². The average molecular weight is 540 g/mol. The monoisotopic (exact) mass is 539 g/mol. The molecule has 0 spiro atoms. The van der Waals surface area contributed by atoms with Gasteiger partial charge in [0.15, 0.2) is 17.3 Å². The maximum absolute atomic E-state index is 13.2. The second-order valence-electron chi connectivity index (χ2n) is 9.89. The van der Waals surface area contributed by atoms with Crippen LogP contribution in [-0.4, -0.2) is 98.7 Å². The van der Waals surface area contributed by atoms with Crippen LogP contribution in [0, 0.1) is 0 Å². The van der Waals surface area contributed by atoms with Crippen LogP contribution in [0.3, 0.4) is 0 Å². The molecule has 12 nitrogen and oxygen atoms in total. The van der Waals surface area contributed by atoms with Crippen LogP contribution < -0.4 is 5.32 Å². The fourth-order valence-corrected chi connectivity index (χ4v) is 4.73. The van der Waals surface area contributed by atoms with Crippen molar-refractivity contribution in [2.24, 2.45) is 0 Å². The Morgan fingerprint density at radius 2 is 1.93 bits per heavy atom. The van der Waals surface area contributed by atoms with E-state index in [2.05, 4.69) is 35.4 Å². The van der Waals surface area contributed by atoms with Gasteiger partial charge < -0.3 is 19.9 Å². The minimum atomic E-state index is -0.242. The number of imidazole rings is 1. The van der Waals surface area contributed by atoms with E-state index < -0.39 is 0 Å². The quantitative estimate of drug-likeness (QED) is 0.266. The number of hydrogen-bond acceptors (Lipinski definition) is 8. The van der Waals surface area contributed by atoms with Gasteiger partial charge in [-0.05, 0) is 24.3 Å². The van der Waals surface area contributed by atoms with Gasteiger partial charge in [-0.25, -0.2) is 14.8 Å². The second kappa shape index (κ2) is 10.8. The first-order valence-corrected chi connectivity index (χ1v) is 13.1. The number of Topliss-reactive ketones (excluding diaryl/α,β-unsaturated/α-hetero) is 1. The van der Waals surface area contributed by atoms with E-state index >= 15 is 0 Å². The lowest BCUT2D eigenvalue weighted by molar-refractivity contribution is 0.0370. The summed E-state index contributed by atoms with van der Waals surface area (Å²) in [6.07, 6.45) is 5.44. The minimum absolute atomic E-state index is 0.0577. The van der Waals surface area contributed by atoms with Crippen molar-refractivity contribution in [3.8, 4) is 22.6 Å². The van der Waals surface area contributed by atoms with Crippen molar-refractivity contribution in [1.29, 1.82) is 0 Å². The molecule has 0 aliphatic carbocycles. The van der Waals surface area contributed by atoms with Crippen LogP contribution in [-0.2, 0) is 4.74 Å². The van der Waals surface area contributed by atoms with Crippen molar-refractivity contribution in [3.05, 3.63) is 54.5 Å². The molecule has 1 aliphatic rings. The van der Waals surface area contributed by atoms with Crippen LogP contribution in [0.25, 0.3) is 44.7 Å². The zero-order chi connectivity index (χ0) is 27.6. The highest BCUT2D eigenvalue weighted by Gasteiger charge is 2.19. The van der Waals surface area contributed by atoms with Crippen molar-refractivity contribution < 1.29 is 14.3 Å². The number of nitrogens with one attached hydrogen (secondary N) is 3. The number of anilines is 1. The lowest BCUT2D eigenvalue weighted by Gasteiger charge is -2.26. The summed E-state index contributed by atoms with van der Waals surface area (Å²) >= 11 is 0. The molecule has 1 aromatic carbocycles. The highest BCUT2D eigenvalue weighted by atomic mass is 16.5. The smallest absolute Gasteiger partial charge is 0.321 e. The number of ether oxygens (including phenoxy) is 1. The summed E-state index contributed by atoms with van der Waals surface area (Å²) in [5, 5.41) is 11.0. The molecule has 4 aromatic heterocycles. The zero-order valence-electron chi connectivity index (χ0n) is 22.3. The van der Waals surface area contributed by atoms with Gasteiger partial charge >= 0.3 is 6.03 Å². The molecule has 2 amide bonds. The molecule has 12 heteroatoms. The number of pyridine rings is 2. The number of aromatic nitrogens is 6. The summed E-state index contributed by atoms with van der Waals surface area (Å²) in [6, 6.07) is 9.16. The maximum Gasteiger partial charge on any atom is 0.321 e. The topological polar surface area (TPSA) is 145 Å². The number of para-hydroxylation sites is 1. The highest BCUT2D eigenvalue weighted by Crippen LogP contribution is 2.30. The third-order valence-electron chi connectivity index (χ3n) is 6.95. The largest absolute Gasteiger partial charge is 0.379 e. The van der Waals surface area contributed by atoms with Crippen LogP contribution in [0.2, 0.25) is 0 Å². The van der Waals surface area contributed by atoms with Crippen molar-refractivity contribution in [2.45, 2.75) is 6.42 Å². The van der Waals surface area contributed by atoms with Gasteiger partial charge in [-0.15, -0.1) is 0 Å². The molecule has 5 aromatic rings. The predicted octanol–water partition coefficient (Wildman–Crippen LogP) is 3.56. The summed E-state index contributed by atoms with van der Waals surface area (Å²) in [4.78, 5) is 45.9. The molecule has 1 saturated heterocycles. The summed E-state index contributed by atoms with van der Waals surface area (Å²) in [7, 11) is 3.35. The number of carbonyl (C=O) groups is 2. The number of aromatic amines is 2. The zero-order valence-corrected chi connectivity index (χ0v) is 22.3. The Balaban J connectivity index is 1.29. The van der Waals surface area contributed by atoms with E-state index in [0.29, 0.717) is 60.1 Å². The number of fused-ring (bicyclic) bond motifs is 2. The van der Waals surface area contributed by atoms with E-state index in [0.717, 1.165) is 35.1 Å². The molecular formula is C28H29N9O3. The van der Waals surface area contributed by atoms with Gasteiger partial charge in [0.2, 0.25) is 0 Å². The Kier molecular flexibility index (Phi) is 6.93. The van der Waals surface area contributed by atoms with Crippen LogP contribution in [0.15, 0.2) is 48.9 Å². The molecule has 5 heterocycles. The van der Waals surface area contributed by atoms with E-state index in [4.69, 9.17) is 9.72 Å². The molecular weight excluding hydrogens is 510 g/mol. The molecule has 0 radical (unpaired) electrons. The Hall–Kier alpha value is -4.68. The third kappa shape index (κ3) is 5.14. The lowest BCUT2D eigenvalue weighted by Crippen LogP contribution is -2.37. The fourth-order valence-electron chi connectivity index (χ4n) is 4.73. The molecule has 40 heavy (non-hydrogen) atoms. The number of hydrogen-bond donors (Lipinski definition) is 3. The second-order valence-corrected chi connectivity index (χ2v) is 9.89. The van der Waals surface area contributed by atoms with E-state index in [9.17, 15) is 9.59 Å². The molecule has 0 saturated carbocycles. The number of amides is 2. The Morgan fingerprint density at radius 3 is 2.75 bits per heavy atom. The van der Waals surface area contributed by atoms with E-state index in [1.54, 1.807) is 32.7 Å². The first-order chi connectivity index (χ1) is 19.5. The number of benzene rings is 1. The number of rotatable bonds is 7. The van der Waals surface area contributed by atoms with Gasteiger partial charge in [0.25, 0.3) is 0 Å². The lowest BCUT2D eigenvalue weighted by atomic mass is 10.1. The van der Waals surface area contributed by atoms with Gasteiger partial charge in [0.1, 0.15) is 5.69 Å². The first kappa shape index (κ1) is 25.6. The predicted molar refractivity (Wildman–Crippen MR) is 151 cm³/mol. The highest BCUT2D eigenvalue weighted by molar-refractivity contribution is 6.07. The molecule has 204 valence electrons. The van der Waals surface area contributed by atoms with Crippen molar-refractivity contribution in [2.75, 3.05) is 52.3 Å². The number of ketones is 1. The molecule has 0 bridgehead atoms. The Morgan fingerprint density at radius 1 is 1.10 bits per heavy atom. The minimum Gasteiger partial charge on any atom is -0.379 e. The fraction of sp³-hybridized carbons (Fsp3) is 0.286. The van der Waals surface area contributed by atoms with Gasteiger partial charge in [-0.3, -0.25) is 19.8 Å². The number of nitrogens with zero attached hydrogens (tertiary/aromatic N) is 6. The summed E-state index contributed by atoms with van der Waals surface area (Å²) < 4.78 is 5.40. The molecule has 0 atom stereocenters. The Bertz CT molecular complexity index is 1700. The third-order valence-corrected chi connectivity index (χ3v) is 6.95. The molecule has 1 fully saturated rings. The average Bonchev–Trinajstić information content (AvgIpc) is 3.60. The molecule has 3 N–H and O–H groups in total. The van der Waals surface area contributed by atoms with Gasteiger partial charge in [0, 0.05) is 69.2 Å². The number of H-pyrrole nitrogens is 2. The summed E-state index contributed by atoms with van der Waals surface area (Å²) in [6.45, 7) is 3.80. The van der Waals surface area contributed by atoms with Crippen LogP contribution >= 0.6 is 0 Å². The molecule has 0 unspecified atom stereocenters.